The number of carbonyl (C=O) groups excluding carboxylic acids is 2. The zero-order valence-electron chi connectivity index (χ0n) is 15.1. The standard InChI is InChI=1S/C18H28F3N3O2/c19-18(20,21)12-16(25)22-10-5-15(6-11-22)24-9-3-4-14(13-24)17(26)23-7-1-2-8-23/h14-15H,1-13H2. The maximum absolute atomic E-state index is 12.6. The summed E-state index contributed by atoms with van der Waals surface area (Å²) in [6.45, 7) is 4.17. The van der Waals surface area contributed by atoms with Crippen LogP contribution in [0.3, 0.4) is 0 Å². The summed E-state index contributed by atoms with van der Waals surface area (Å²) in [5.74, 6) is -0.506. The van der Waals surface area contributed by atoms with Crippen LogP contribution < -0.4 is 0 Å². The van der Waals surface area contributed by atoms with Crippen LogP contribution in [0.25, 0.3) is 0 Å². The summed E-state index contributed by atoms with van der Waals surface area (Å²) in [6.07, 6.45) is -0.342. The molecule has 0 aromatic carbocycles. The Bertz CT molecular complexity index is 512. The number of piperidine rings is 2. The molecule has 3 aliphatic rings. The molecular formula is C18H28F3N3O2. The Balaban J connectivity index is 1.48. The van der Waals surface area contributed by atoms with Gasteiger partial charge >= 0.3 is 6.18 Å². The highest BCUT2D eigenvalue weighted by atomic mass is 19.4. The molecule has 0 bridgehead atoms. The van der Waals surface area contributed by atoms with Crippen molar-refractivity contribution in [3.05, 3.63) is 0 Å². The molecule has 8 heteroatoms. The van der Waals surface area contributed by atoms with Crippen LogP contribution in [-0.2, 0) is 9.59 Å². The Morgan fingerprint density at radius 2 is 1.50 bits per heavy atom. The number of amides is 2. The van der Waals surface area contributed by atoms with Crippen LogP contribution in [0.15, 0.2) is 0 Å². The first kappa shape index (κ1) is 19.5. The third kappa shape index (κ3) is 4.90. The van der Waals surface area contributed by atoms with Gasteiger partial charge in [-0.3, -0.25) is 14.5 Å². The quantitative estimate of drug-likeness (QED) is 0.760. The molecule has 5 nitrogen and oxygen atoms in total. The molecule has 3 saturated heterocycles. The lowest BCUT2D eigenvalue weighted by Gasteiger charge is -2.42. The Labute approximate surface area is 152 Å². The van der Waals surface area contributed by atoms with Gasteiger partial charge in [-0.15, -0.1) is 0 Å². The Morgan fingerprint density at radius 3 is 2.12 bits per heavy atom. The molecule has 0 radical (unpaired) electrons. The maximum Gasteiger partial charge on any atom is 0.397 e. The molecule has 3 heterocycles. The SMILES string of the molecule is O=C(CC(F)(F)F)N1CCC(N2CCCC(C(=O)N3CCCC3)C2)CC1. The van der Waals surface area contributed by atoms with Gasteiger partial charge in [-0.05, 0) is 45.1 Å². The first-order valence-corrected chi connectivity index (χ1v) is 9.71. The number of alkyl halides is 3. The number of hydrogen-bond donors (Lipinski definition) is 0. The minimum absolute atomic E-state index is 0.0479. The largest absolute Gasteiger partial charge is 0.397 e. The van der Waals surface area contributed by atoms with Crippen LogP contribution in [0, 0.1) is 5.92 Å². The second-order valence-corrected chi connectivity index (χ2v) is 7.77. The summed E-state index contributed by atoms with van der Waals surface area (Å²) in [6, 6.07) is 0.263. The van der Waals surface area contributed by atoms with Crippen molar-refractivity contribution < 1.29 is 22.8 Å². The number of carbonyl (C=O) groups is 2. The van der Waals surface area contributed by atoms with Crippen molar-refractivity contribution in [3.8, 4) is 0 Å². The van der Waals surface area contributed by atoms with E-state index in [2.05, 4.69) is 4.90 Å². The van der Waals surface area contributed by atoms with Gasteiger partial charge < -0.3 is 9.80 Å². The average Bonchev–Trinajstić information content (AvgIpc) is 3.14. The van der Waals surface area contributed by atoms with E-state index in [1.165, 1.54) is 4.90 Å². The zero-order valence-corrected chi connectivity index (χ0v) is 15.1. The number of likely N-dealkylation sites (tertiary alicyclic amines) is 3. The van der Waals surface area contributed by atoms with E-state index in [0.29, 0.717) is 25.9 Å². The van der Waals surface area contributed by atoms with Crippen LogP contribution in [0.2, 0.25) is 0 Å². The molecule has 1 atom stereocenters. The molecule has 0 saturated carbocycles. The predicted octanol–water partition coefficient (Wildman–Crippen LogP) is 2.26. The van der Waals surface area contributed by atoms with E-state index < -0.39 is 18.5 Å². The van der Waals surface area contributed by atoms with Crippen molar-refractivity contribution in [2.75, 3.05) is 39.3 Å². The molecule has 0 aromatic rings. The Kier molecular flexibility index (Phi) is 6.10. The fourth-order valence-electron chi connectivity index (χ4n) is 4.50. The lowest BCUT2D eigenvalue weighted by Crippen LogP contribution is -2.52. The van der Waals surface area contributed by atoms with E-state index >= 15 is 0 Å². The van der Waals surface area contributed by atoms with E-state index in [1.807, 2.05) is 4.90 Å². The van der Waals surface area contributed by atoms with E-state index in [9.17, 15) is 22.8 Å². The maximum atomic E-state index is 12.6. The summed E-state index contributed by atoms with van der Waals surface area (Å²) in [4.78, 5) is 30.0. The molecule has 0 aliphatic carbocycles. The number of hydrogen-bond acceptors (Lipinski definition) is 3. The van der Waals surface area contributed by atoms with Gasteiger partial charge in [0.1, 0.15) is 6.42 Å². The highest BCUT2D eigenvalue weighted by molar-refractivity contribution is 5.79. The van der Waals surface area contributed by atoms with E-state index in [4.69, 9.17) is 0 Å². The molecule has 3 rings (SSSR count). The van der Waals surface area contributed by atoms with Gasteiger partial charge in [-0.25, -0.2) is 0 Å². The lowest BCUT2D eigenvalue weighted by atomic mass is 9.93. The fraction of sp³-hybridized carbons (Fsp3) is 0.889. The summed E-state index contributed by atoms with van der Waals surface area (Å²) >= 11 is 0. The van der Waals surface area contributed by atoms with Crippen molar-refractivity contribution in [3.63, 3.8) is 0 Å². The van der Waals surface area contributed by atoms with E-state index in [1.54, 1.807) is 0 Å². The van der Waals surface area contributed by atoms with Gasteiger partial charge in [0.25, 0.3) is 0 Å². The van der Waals surface area contributed by atoms with Crippen LogP contribution in [0.1, 0.15) is 44.9 Å². The summed E-state index contributed by atoms with van der Waals surface area (Å²) in [5.41, 5.74) is 0. The van der Waals surface area contributed by atoms with E-state index in [-0.39, 0.29) is 17.9 Å². The summed E-state index contributed by atoms with van der Waals surface area (Å²) in [5, 5.41) is 0. The summed E-state index contributed by atoms with van der Waals surface area (Å²) in [7, 11) is 0. The molecule has 2 amide bonds. The summed E-state index contributed by atoms with van der Waals surface area (Å²) < 4.78 is 37.2. The molecule has 1 unspecified atom stereocenters. The topological polar surface area (TPSA) is 43.9 Å². The molecular weight excluding hydrogens is 347 g/mol. The van der Waals surface area contributed by atoms with Gasteiger partial charge in [-0.1, -0.05) is 0 Å². The first-order valence-electron chi connectivity index (χ1n) is 9.71. The molecule has 0 N–H and O–H groups in total. The lowest BCUT2D eigenvalue weighted by molar-refractivity contribution is -0.162. The smallest absolute Gasteiger partial charge is 0.342 e. The van der Waals surface area contributed by atoms with Crippen LogP contribution in [-0.4, -0.2) is 78.0 Å². The molecule has 3 fully saturated rings. The van der Waals surface area contributed by atoms with Crippen molar-refractivity contribution in [1.29, 1.82) is 0 Å². The van der Waals surface area contributed by atoms with Crippen LogP contribution in [0.4, 0.5) is 13.2 Å². The first-order chi connectivity index (χ1) is 12.3. The van der Waals surface area contributed by atoms with Gasteiger partial charge in [0.15, 0.2) is 0 Å². The highest BCUT2D eigenvalue weighted by Gasteiger charge is 2.37. The van der Waals surface area contributed by atoms with E-state index in [0.717, 1.165) is 51.9 Å². The third-order valence-corrected chi connectivity index (χ3v) is 5.91. The van der Waals surface area contributed by atoms with Crippen LogP contribution >= 0.6 is 0 Å². The van der Waals surface area contributed by atoms with Crippen molar-refractivity contribution >= 4 is 11.8 Å². The highest BCUT2D eigenvalue weighted by Crippen LogP contribution is 2.27. The second-order valence-electron chi connectivity index (χ2n) is 7.77. The monoisotopic (exact) mass is 375 g/mol. The molecule has 26 heavy (non-hydrogen) atoms. The minimum Gasteiger partial charge on any atom is -0.342 e. The average molecular weight is 375 g/mol. The third-order valence-electron chi connectivity index (χ3n) is 5.91. The second kappa shape index (κ2) is 8.15. The molecule has 148 valence electrons. The number of nitrogens with zero attached hydrogens (tertiary/aromatic N) is 3. The molecule has 0 aromatic heterocycles. The van der Waals surface area contributed by atoms with Gasteiger partial charge in [0, 0.05) is 38.8 Å². The predicted molar refractivity (Wildman–Crippen MR) is 90.4 cm³/mol. The van der Waals surface area contributed by atoms with Crippen molar-refractivity contribution in [2.24, 2.45) is 5.92 Å². The van der Waals surface area contributed by atoms with Crippen molar-refractivity contribution in [1.82, 2.24) is 14.7 Å². The Morgan fingerprint density at radius 1 is 0.846 bits per heavy atom. The van der Waals surface area contributed by atoms with Gasteiger partial charge in [0.05, 0.1) is 5.92 Å². The van der Waals surface area contributed by atoms with Crippen molar-refractivity contribution in [2.45, 2.75) is 57.2 Å². The number of rotatable bonds is 3. The normalized spacial score (nSPS) is 26.3. The zero-order chi connectivity index (χ0) is 18.7. The molecule has 3 aliphatic heterocycles. The number of halogens is 3. The molecule has 0 spiro atoms. The fourth-order valence-corrected chi connectivity index (χ4v) is 4.50. The van der Waals surface area contributed by atoms with Gasteiger partial charge in [-0.2, -0.15) is 13.2 Å². The van der Waals surface area contributed by atoms with Crippen LogP contribution in [0.5, 0.6) is 0 Å². The minimum atomic E-state index is -4.44. The Hall–Kier alpha value is -1.31. The van der Waals surface area contributed by atoms with Gasteiger partial charge in [0.2, 0.25) is 11.8 Å².